The van der Waals surface area contributed by atoms with Crippen LogP contribution in [0.15, 0.2) is 94.9 Å². The summed E-state index contributed by atoms with van der Waals surface area (Å²) in [4.78, 5) is 21.1. The molecule has 0 radical (unpaired) electrons. The van der Waals surface area contributed by atoms with Gasteiger partial charge >= 0.3 is 0 Å². The van der Waals surface area contributed by atoms with Gasteiger partial charge in [-0.3, -0.25) is 14.8 Å². The van der Waals surface area contributed by atoms with Crippen LogP contribution >= 0.6 is 0 Å². The van der Waals surface area contributed by atoms with E-state index < -0.39 is 6.17 Å². The molecule has 2 atom stereocenters. The number of phenolic OH excluding ortho intramolecular Hbond substituents is 2. The number of hydrogen-bond acceptors (Lipinski definition) is 6. The van der Waals surface area contributed by atoms with Crippen LogP contribution in [0.4, 0.5) is 0 Å². The minimum Gasteiger partial charge on any atom is -0.508 e. The third-order valence-electron chi connectivity index (χ3n) is 4.60. The van der Waals surface area contributed by atoms with Gasteiger partial charge in [-0.25, -0.2) is 0 Å². The number of phenols is 2. The van der Waals surface area contributed by atoms with Crippen molar-refractivity contribution >= 4 is 17.8 Å². The van der Waals surface area contributed by atoms with E-state index in [9.17, 15) is 15.0 Å². The number of hydrogen-bond donors (Lipinski definition) is 4. The van der Waals surface area contributed by atoms with Crippen molar-refractivity contribution in [2.45, 2.75) is 39.4 Å². The third kappa shape index (κ3) is 10.7. The Balaban J connectivity index is 0.000000519. The maximum atomic E-state index is 12.2. The van der Waals surface area contributed by atoms with Crippen LogP contribution in [0.25, 0.3) is 0 Å². The number of benzene rings is 3. The van der Waals surface area contributed by atoms with Gasteiger partial charge in [-0.15, -0.1) is 0 Å². The number of aliphatic imine (C=N–C) groups is 2. The summed E-state index contributed by atoms with van der Waals surface area (Å²) < 4.78 is 0. The zero-order valence-corrected chi connectivity index (χ0v) is 20.7. The molecule has 35 heavy (non-hydrogen) atoms. The van der Waals surface area contributed by atoms with Crippen LogP contribution in [0, 0.1) is 0 Å². The van der Waals surface area contributed by atoms with E-state index in [1.54, 1.807) is 54.7 Å². The fraction of sp³-hybridized carbons (Fsp3) is 0.250. The predicted octanol–water partition coefficient (Wildman–Crippen LogP) is 4.37. The standard InChI is InChI=1S/C19H19N3O3.C6H6.C2H6.CH4O/c1-12-19(22-18(25)10-13-2-6-15(23)7-3-13)20-11-17(21-12)14-4-8-16(24)9-5-14;1-2-4-6-5-3-1;2*1-2/h2-9,11-12,19,23-24H,10H2,1H3,(H,22,25);1-6H;1-2H3;2H,1H3. The number of aliphatic hydroxyl groups is 1. The van der Waals surface area contributed by atoms with Crippen molar-refractivity contribution in [1.82, 2.24) is 5.32 Å². The summed E-state index contributed by atoms with van der Waals surface area (Å²) in [6.07, 6.45) is 1.44. The molecule has 186 valence electrons. The first-order valence-electron chi connectivity index (χ1n) is 11.4. The summed E-state index contributed by atoms with van der Waals surface area (Å²) in [5.41, 5.74) is 2.40. The van der Waals surface area contributed by atoms with Gasteiger partial charge in [0.2, 0.25) is 5.91 Å². The number of carbonyl (C=O) groups excluding carboxylic acids is 1. The minimum absolute atomic E-state index is 0.150. The fourth-order valence-corrected chi connectivity index (χ4v) is 2.94. The average Bonchev–Trinajstić information content (AvgIpc) is 2.91. The Morgan fingerprint density at radius 2 is 1.29 bits per heavy atom. The van der Waals surface area contributed by atoms with Crippen molar-refractivity contribution in [2.24, 2.45) is 9.98 Å². The summed E-state index contributed by atoms with van der Waals surface area (Å²) in [6.45, 7) is 5.89. The molecule has 7 heteroatoms. The molecule has 7 nitrogen and oxygen atoms in total. The second-order valence-corrected chi connectivity index (χ2v) is 7.09. The van der Waals surface area contributed by atoms with Crippen LogP contribution < -0.4 is 5.32 Å². The quantitative estimate of drug-likeness (QED) is 0.447. The molecule has 0 aromatic heterocycles. The molecule has 1 amide bonds. The van der Waals surface area contributed by atoms with Gasteiger partial charge in [0, 0.05) is 18.9 Å². The lowest BCUT2D eigenvalue weighted by Gasteiger charge is -2.23. The van der Waals surface area contributed by atoms with Gasteiger partial charge in [0.05, 0.1) is 18.2 Å². The van der Waals surface area contributed by atoms with Crippen LogP contribution in [0.5, 0.6) is 11.5 Å². The highest BCUT2D eigenvalue weighted by Gasteiger charge is 2.22. The predicted molar refractivity (Wildman–Crippen MR) is 142 cm³/mol. The van der Waals surface area contributed by atoms with E-state index in [0.717, 1.165) is 23.9 Å². The largest absolute Gasteiger partial charge is 0.508 e. The van der Waals surface area contributed by atoms with Gasteiger partial charge in [0.15, 0.2) is 0 Å². The van der Waals surface area contributed by atoms with Crippen LogP contribution in [-0.2, 0) is 11.2 Å². The zero-order chi connectivity index (χ0) is 26.1. The first kappa shape index (κ1) is 29.1. The maximum absolute atomic E-state index is 12.2. The normalized spacial score (nSPS) is 15.5. The van der Waals surface area contributed by atoms with Crippen molar-refractivity contribution in [3.63, 3.8) is 0 Å². The van der Waals surface area contributed by atoms with Gasteiger partial charge in [-0.2, -0.15) is 0 Å². The molecule has 4 rings (SSSR count). The number of rotatable bonds is 4. The van der Waals surface area contributed by atoms with E-state index >= 15 is 0 Å². The van der Waals surface area contributed by atoms with Crippen molar-refractivity contribution in [2.75, 3.05) is 7.11 Å². The zero-order valence-electron chi connectivity index (χ0n) is 20.7. The molecule has 1 aliphatic heterocycles. The lowest BCUT2D eigenvalue weighted by atomic mass is 10.1. The van der Waals surface area contributed by atoms with Gasteiger partial charge in [0.1, 0.15) is 17.7 Å². The number of aromatic hydroxyl groups is 2. The molecule has 2 unspecified atom stereocenters. The van der Waals surface area contributed by atoms with Crippen molar-refractivity contribution in [3.8, 4) is 11.5 Å². The van der Waals surface area contributed by atoms with Gasteiger partial charge in [-0.1, -0.05) is 62.4 Å². The van der Waals surface area contributed by atoms with Crippen LogP contribution in [0.2, 0.25) is 0 Å². The summed E-state index contributed by atoms with van der Waals surface area (Å²) in [5.74, 6) is 0.221. The highest BCUT2D eigenvalue weighted by molar-refractivity contribution is 6.38. The maximum Gasteiger partial charge on any atom is 0.226 e. The van der Waals surface area contributed by atoms with Crippen molar-refractivity contribution < 1.29 is 20.1 Å². The first-order chi connectivity index (χ1) is 17.0. The Hall–Kier alpha value is -3.97. The van der Waals surface area contributed by atoms with E-state index in [-0.39, 0.29) is 29.9 Å². The highest BCUT2D eigenvalue weighted by Crippen LogP contribution is 2.15. The van der Waals surface area contributed by atoms with Crippen LogP contribution in [-0.4, -0.2) is 52.5 Å². The molecule has 0 fully saturated rings. The topological polar surface area (TPSA) is 115 Å². The molecule has 0 bridgehead atoms. The lowest BCUT2D eigenvalue weighted by Crippen LogP contribution is -2.43. The molecule has 0 saturated carbocycles. The molecule has 0 saturated heterocycles. The SMILES string of the molecule is CC.CC1N=C(c2ccc(O)cc2)C=NC1NC(=O)Cc1ccc(O)cc1.CO.c1ccccc1. The molecule has 0 spiro atoms. The van der Waals surface area contributed by atoms with Crippen LogP contribution in [0.3, 0.4) is 0 Å². The molecular formula is C28H35N3O4. The molecule has 1 heterocycles. The number of nitrogens with zero attached hydrogens (tertiary/aromatic N) is 2. The molecule has 3 aromatic carbocycles. The Bertz CT molecular complexity index is 1010. The lowest BCUT2D eigenvalue weighted by molar-refractivity contribution is -0.121. The van der Waals surface area contributed by atoms with Gasteiger partial charge in [-0.05, 0) is 48.9 Å². The van der Waals surface area contributed by atoms with E-state index in [1.165, 1.54) is 0 Å². The minimum atomic E-state index is -0.412. The number of nitrogens with one attached hydrogen (secondary N) is 1. The number of carbonyl (C=O) groups is 1. The molecule has 1 aliphatic rings. The molecule has 3 aromatic rings. The second kappa shape index (κ2) is 16.6. The van der Waals surface area contributed by atoms with E-state index in [0.29, 0.717) is 0 Å². The highest BCUT2D eigenvalue weighted by atomic mass is 16.3. The van der Waals surface area contributed by atoms with Crippen LogP contribution in [0.1, 0.15) is 31.9 Å². The smallest absolute Gasteiger partial charge is 0.226 e. The Morgan fingerprint density at radius 1 is 0.829 bits per heavy atom. The molecular weight excluding hydrogens is 442 g/mol. The fourth-order valence-electron chi connectivity index (χ4n) is 2.94. The number of aliphatic hydroxyl groups excluding tert-OH is 1. The Morgan fingerprint density at radius 3 is 1.74 bits per heavy atom. The number of amides is 1. The third-order valence-corrected chi connectivity index (χ3v) is 4.60. The molecule has 0 aliphatic carbocycles. The second-order valence-electron chi connectivity index (χ2n) is 7.09. The van der Waals surface area contributed by atoms with E-state index in [1.807, 2.05) is 57.2 Å². The van der Waals surface area contributed by atoms with Gasteiger partial charge in [0.25, 0.3) is 0 Å². The summed E-state index contributed by atoms with van der Waals surface area (Å²) in [6, 6.07) is 25.1. The Labute approximate surface area is 207 Å². The van der Waals surface area contributed by atoms with Crippen molar-refractivity contribution in [3.05, 3.63) is 96.1 Å². The summed E-state index contributed by atoms with van der Waals surface area (Å²) in [7, 11) is 1.00. The van der Waals surface area contributed by atoms with Gasteiger partial charge < -0.3 is 20.6 Å². The summed E-state index contributed by atoms with van der Waals surface area (Å²) >= 11 is 0. The summed E-state index contributed by atoms with van der Waals surface area (Å²) in [5, 5.41) is 28.5. The van der Waals surface area contributed by atoms with Crippen molar-refractivity contribution in [1.29, 1.82) is 0 Å². The monoisotopic (exact) mass is 477 g/mol. The van der Waals surface area contributed by atoms with E-state index in [4.69, 9.17) is 5.11 Å². The molecule has 4 N–H and O–H groups in total. The Kier molecular flexibility index (Phi) is 13.8. The first-order valence-corrected chi connectivity index (χ1v) is 11.4. The average molecular weight is 478 g/mol. The van der Waals surface area contributed by atoms with E-state index in [2.05, 4.69) is 15.3 Å².